The van der Waals surface area contributed by atoms with Gasteiger partial charge in [0.25, 0.3) is 0 Å². The van der Waals surface area contributed by atoms with Crippen molar-refractivity contribution in [2.75, 3.05) is 6.61 Å². The van der Waals surface area contributed by atoms with E-state index in [2.05, 4.69) is 17.4 Å². The third-order valence-electron chi connectivity index (χ3n) is 4.37. The van der Waals surface area contributed by atoms with E-state index in [-0.39, 0.29) is 24.5 Å². The number of hydrogen-bond acceptors (Lipinski definition) is 2. The van der Waals surface area contributed by atoms with Gasteiger partial charge >= 0.3 is 0 Å². The van der Waals surface area contributed by atoms with E-state index in [1.165, 1.54) is 0 Å². The van der Waals surface area contributed by atoms with Crippen LogP contribution in [-0.2, 0) is 4.79 Å². The van der Waals surface area contributed by atoms with Crippen molar-refractivity contribution in [3.05, 3.63) is 83.9 Å². The molecule has 0 aliphatic heterocycles. The van der Waals surface area contributed by atoms with Crippen LogP contribution in [0.3, 0.4) is 0 Å². The maximum absolute atomic E-state index is 12.6. The average molecular weight is 319 g/mol. The van der Waals surface area contributed by atoms with Crippen LogP contribution in [0.2, 0.25) is 0 Å². The van der Waals surface area contributed by atoms with Gasteiger partial charge in [-0.05, 0) is 28.8 Å². The monoisotopic (exact) mass is 319 g/mol. The maximum atomic E-state index is 12.6. The minimum Gasteiger partial charge on any atom is -0.394 e. The predicted molar refractivity (Wildman–Crippen MR) is 96.8 cm³/mol. The third-order valence-corrected chi connectivity index (χ3v) is 4.37. The number of amides is 1. The molecular formula is C21H21NO2. The molecule has 0 saturated carbocycles. The van der Waals surface area contributed by atoms with Gasteiger partial charge < -0.3 is 10.4 Å². The van der Waals surface area contributed by atoms with Crippen molar-refractivity contribution in [3.8, 4) is 0 Å². The summed E-state index contributed by atoms with van der Waals surface area (Å²) in [6, 6.07) is 23.3. The lowest BCUT2D eigenvalue weighted by molar-refractivity contribution is -0.123. The summed E-state index contributed by atoms with van der Waals surface area (Å²) >= 11 is 0. The molecule has 0 aromatic heterocycles. The van der Waals surface area contributed by atoms with Gasteiger partial charge in [-0.2, -0.15) is 0 Å². The number of nitrogens with one attached hydrogen (secondary N) is 1. The van der Waals surface area contributed by atoms with E-state index in [9.17, 15) is 9.90 Å². The van der Waals surface area contributed by atoms with Crippen molar-refractivity contribution < 1.29 is 9.90 Å². The lowest BCUT2D eigenvalue weighted by Gasteiger charge is -2.20. The SMILES string of the molecule is CC(C(=O)NC(CO)c1ccccc1)c1ccc2ccccc2c1. The number of rotatable bonds is 5. The van der Waals surface area contributed by atoms with E-state index in [1.54, 1.807) is 0 Å². The molecule has 1 amide bonds. The molecule has 2 unspecified atom stereocenters. The molecule has 3 aromatic rings. The van der Waals surface area contributed by atoms with Gasteiger partial charge in [0.15, 0.2) is 0 Å². The van der Waals surface area contributed by atoms with Gasteiger partial charge in [-0.15, -0.1) is 0 Å². The van der Waals surface area contributed by atoms with Crippen molar-refractivity contribution in [1.29, 1.82) is 0 Å². The molecule has 122 valence electrons. The summed E-state index contributed by atoms with van der Waals surface area (Å²) < 4.78 is 0. The van der Waals surface area contributed by atoms with Crippen molar-refractivity contribution in [1.82, 2.24) is 5.32 Å². The topological polar surface area (TPSA) is 49.3 Å². The first-order chi connectivity index (χ1) is 11.7. The number of hydrogen-bond donors (Lipinski definition) is 2. The molecule has 0 saturated heterocycles. The van der Waals surface area contributed by atoms with E-state index in [1.807, 2.05) is 67.6 Å². The largest absolute Gasteiger partial charge is 0.394 e. The first-order valence-corrected chi connectivity index (χ1v) is 8.14. The second-order valence-electron chi connectivity index (χ2n) is 5.98. The van der Waals surface area contributed by atoms with Crippen LogP contribution in [0.25, 0.3) is 10.8 Å². The molecule has 0 aliphatic carbocycles. The van der Waals surface area contributed by atoms with Crippen LogP contribution in [0.5, 0.6) is 0 Å². The van der Waals surface area contributed by atoms with E-state index in [0.717, 1.165) is 21.9 Å². The summed E-state index contributed by atoms with van der Waals surface area (Å²) in [5, 5.41) is 14.8. The number of benzene rings is 3. The molecule has 24 heavy (non-hydrogen) atoms. The number of fused-ring (bicyclic) bond motifs is 1. The van der Waals surface area contributed by atoms with Crippen molar-refractivity contribution in [3.63, 3.8) is 0 Å². The summed E-state index contributed by atoms with van der Waals surface area (Å²) in [5.41, 5.74) is 1.87. The molecule has 0 radical (unpaired) electrons. The highest BCUT2D eigenvalue weighted by molar-refractivity contribution is 5.87. The Balaban J connectivity index is 1.77. The Morgan fingerprint density at radius 2 is 1.58 bits per heavy atom. The standard InChI is InChI=1S/C21H21NO2/c1-15(18-12-11-16-7-5-6-10-19(16)13-18)21(24)22-20(14-23)17-8-3-2-4-9-17/h2-13,15,20,23H,14H2,1H3,(H,22,24). The van der Waals surface area contributed by atoms with Gasteiger partial charge in [0.2, 0.25) is 5.91 Å². The molecule has 3 aromatic carbocycles. The van der Waals surface area contributed by atoms with Gasteiger partial charge in [0.1, 0.15) is 0 Å². The normalized spacial score (nSPS) is 13.4. The Hall–Kier alpha value is -2.65. The predicted octanol–water partition coefficient (Wildman–Crippen LogP) is 3.79. The molecule has 3 nitrogen and oxygen atoms in total. The Bertz CT molecular complexity index is 829. The Kier molecular flexibility index (Phi) is 4.92. The quantitative estimate of drug-likeness (QED) is 0.751. The molecule has 3 rings (SSSR count). The van der Waals surface area contributed by atoms with Gasteiger partial charge in [0.05, 0.1) is 18.6 Å². The van der Waals surface area contributed by atoms with Crippen LogP contribution in [0, 0.1) is 0 Å². The molecule has 0 fully saturated rings. The zero-order chi connectivity index (χ0) is 16.9. The Morgan fingerprint density at radius 3 is 2.29 bits per heavy atom. The summed E-state index contributed by atoms with van der Waals surface area (Å²) in [7, 11) is 0. The van der Waals surface area contributed by atoms with E-state index < -0.39 is 0 Å². The van der Waals surface area contributed by atoms with Crippen LogP contribution in [0.15, 0.2) is 72.8 Å². The number of aliphatic hydroxyl groups is 1. The summed E-state index contributed by atoms with van der Waals surface area (Å²) in [6.07, 6.45) is 0. The van der Waals surface area contributed by atoms with Crippen LogP contribution < -0.4 is 5.32 Å². The molecule has 2 N–H and O–H groups in total. The fraction of sp³-hybridized carbons (Fsp3) is 0.190. The Labute approximate surface area is 142 Å². The molecule has 0 spiro atoms. The smallest absolute Gasteiger partial charge is 0.227 e. The molecule has 0 aliphatic rings. The molecule has 0 bridgehead atoms. The second kappa shape index (κ2) is 7.28. The summed E-state index contributed by atoms with van der Waals surface area (Å²) in [4.78, 5) is 12.6. The van der Waals surface area contributed by atoms with Crippen molar-refractivity contribution >= 4 is 16.7 Å². The number of aliphatic hydroxyl groups excluding tert-OH is 1. The van der Waals surface area contributed by atoms with Crippen LogP contribution in [-0.4, -0.2) is 17.6 Å². The number of carbonyl (C=O) groups excluding carboxylic acids is 1. The van der Waals surface area contributed by atoms with Gasteiger partial charge in [-0.25, -0.2) is 0 Å². The van der Waals surface area contributed by atoms with Crippen LogP contribution >= 0.6 is 0 Å². The first kappa shape index (κ1) is 16.2. The zero-order valence-corrected chi connectivity index (χ0v) is 13.6. The molecule has 2 atom stereocenters. The van der Waals surface area contributed by atoms with Crippen LogP contribution in [0.1, 0.15) is 30.0 Å². The number of carbonyl (C=O) groups is 1. The molecule has 0 heterocycles. The minimum atomic E-state index is -0.387. The van der Waals surface area contributed by atoms with Crippen LogP contribution in [0.4, 0.5) is 0 Å². The van der Waals surface area contributed by atoms with E-state index in [0.29, 0.717) is 0 Å². The highest BCUT2D eigenvalue weighted by atomic mass is 16.3. The first-order valence-electron chi connectivity index (χ1n) is 8.14. The summed E-state index contributed by atoms with van der Waals surface area (Å²) in [6.45, 7) is 1.76. The Morgan fingerprint density at radius 1 is 0.917 bits per heavy atom. The molecule has 3 heteroatoms. The van der Waals surface area contributed by atoms with E-state index >= 15 is 0 Å². The summed E-state index contributed by atoms with van der Waals surface area (Å²) in [5.74, 6) is -0.374. The van der Waals surface area contributed by atoms with E-state index in [4.69, 9.17) is 0 Å². The van der Waals surface area contributed by atoms with Gasteiger partial charge in [-0.1, -0.05) is 72.8 Å². The minimum absolute atomic E-state index is 0.0896. The fourth-order valence-electron chi connectivity index (χ4n) is 2.84. The zero-order valence-electron chi connectivity index (χ0n) is 13.6. The fourth-order valence-corrected chi connectivity index (χ4v) is 2.84. The lowest BCUT2D eigenvalue weighted by atomic mass is 9.96. The van der Waals surface area contributed by atoms with Gasteiger partial charge in [0, 0.05) is 0 Å². The second-order valence-corrected chi connectivity index (χ2v) is 5.98. The highest BCUT2D eigenvalue weighted by Crippen LogP contribution is 2.23. The lowest BCUT2D eigenvalue weighted by Crippen LogP contribution is -2.33. The van der Waals surface area contributed by atoms with Crippen molar-refractivity contribution in [2.24, 2.45) is 0 Å². The maximum Gasteiger partial charge on any atom is 0.227 e. The highest BCUT2D eigenvalue weighted by Gasteiger charge is 2.20. The van der Waals surface area contributed by atoms with Gasteiger partial charge in [-0.3, -0.25) is 4.79 Å². The average Bonchev–Trinajstić information content (AvgIpc) is 2.65. The third kappa shape index (κ3) is 3.47. The molecular weight excluding hydrogens is 298 g/mol. The van der Waals surface area contributed by atoms with Crippen molar-refractivity contribution in [2.45, 2.75) is 18.9 Å².